The van der Waals surface area contributed by atoms with Gasteiger partial charge in [-0.3, -0.25) is 10.1 Å². The van der Waals surface area contributed by atoms with Gasteiger partial charge >= 0.3 is 0 Å². The Kier molecular flexibility index (Phi) is 4.81. The summed E-state index contributed by atoms with van der Waals surface area (Å²) in [4.78, 5) is 16.5. The van der Waals surface area contributed by atoms with Crippen molar-refractivity contribution in [2.75, 3.05) is 12.4 Å². The summed E-state index contributed by atoms with van der Waals surface area (Å²) in [5.41, 5.74) is 1.41. The molecule has 1 fully saturated rings. The molecule has 1 aromatic carbocycles. The fraction of sp³-hybridized carbons (Fsp3) is 0.412. The fourth-order valence-electron chi connectivity index (χ4n) is 2.67. The third kappa shape index (κ3) is 3.82. The number of ether oxygens (including phenoxy) is 2. The van der Waals surface area contributed by atoms with E-state index < -0.39 is 0 Å². The van der Waals surface area contributed by atoms with Gasteiger partial charge in [-0.05, 0) is 50.8 Å². The molecule has 0 saturated heterocycles. The molecular formula is C17H20N2O3S. The summed E-state index contributed by atoms with van der Waals surface area (Å²) in [6.07, 6.45) is 4.83. The first-order valence-corrected chi connectivity index (χ1v) is 8.62. The number of hydrogen-bond donors (Lipinski definition) is 1. The summed E-state index contributed by atoms with van der Waals surface area (Å²) in [6.45, 7) is 1.89. The van der Waals surface area contributed by atoms with Crippen LogP contribution < -0.4 is 14.8 Å². The lowest BCUT2D eigenvalue weighted by molar-refractivity contribution is 0.102. The highest BCUT2D eigenvalue weighted by Gasteiger charge is 2.19. The number of hydrogen-bond acceptors (Lipinski definition) is 5. The molecule has 1 heterocycles. The molecule has 0 bridgehead atoms. The van der Waals surface area contributed by atoms with Gasteiger partial charge in [0, 0.05) is 10.9 Å². The van der Waals surface area contributed by atoms with Gasteiger partial charge in [0.2, 0.25) is 0 Å². The maximum atomic E-state index is 12.3. The van der Waals surface area contributed by atoms with E-state index in [0.717, 1.165) is 18.5 Å². The van der Waals surface area contributed by atoms with E-state index in [-0.39, 0.29) is 12.0 Å². The van der Waals surface area contributed by atoms with Gasteiger partial charge in [0.05, 0.1) is 18.9 Å². The number of amides is 1. The number of aryl methyl sites for hydroxylation is 1. The Labute approximate surface area is 139 Å². The standard InChI is InChI=1S/C17H20N2O3S/c1-11-10-23-17(18-11)19-16(20)12-7-8-14(15(9-12)21-2)22-13-5-3-4-6-13/h7-10,13H,3-6H2,1-2H3,(H,18,19,20). The zero-order chi connectivity index (χ0) is 16.2. The van der Waals surface area contributed by atoms with E-state index in [4.69, 9.17) is 9.47 Å². The van der Waals surface area contributed by atoms with Crippen LogP contribution in [0.25, 0.3) is 0 Å². The predicted molar refractivity (Wildman–Crippen MR) is 90.7 cm³/mol. The monoisotopic (exact) mass is 332 g/mol. The van der Waals surface area contributed by atoms with E-state index in [1.54, 1.807) is 25.3 Å². The third-order valence-corrected chi connectivity index (χ3v) is 4.74. The highest BCUT2D eigenvalue weighted by Crippen LogP contribution is 2.32. The molecule has 0 spiro atoms. The Morgan fingerprint density at radius 2 is 2.09 bits per heavy atom. The Morgan fingerprint density at radius 3 is 2.74 bits per heavy atom. The lowest BCUT2D eigenvalue weighted by atomic mass is 10.2. The van der Waals surface area contributed by atoms with Crippen molar-refractivity contribution >= 4 is 22.4 Å². The molecule has 122 valence electrons. The van der Waals surface area contributed by atoms with E-state index >= 15 is 0 Å². The van der Waals surface area contributed by atoms with Crippen molar-refractivity contribution in [3.8, 4) is 11.5 Å². The quantitative estimate of drug-likeness (QED) is 0.898. The van der Waals surface area contributed by atoms with Gasteiger partial charge < -0.3 is 9.47 Å². The lowest BCUT2D eigenvalue weighted by Gasteiger charge is -2.16. The summed E-state index contributed by atoms with van der Waals surface area (Å²) < 4.78 is 11.4. The first-order chi connectivity index (χ1) is 11.2. The number of methoxy groups -OCH3 is 1. The summed E-state index contributed by atoms with van der Waals surface area (Å²) in [5, 5.41) is 5.29. The molecule has 1 saturated carbocycles. The van der Waals surface area contributed by atoms with Crippen molar-refractivity contribution in [1.29, 1.82) is 0 Å². The topological polar surface area (TPSA) is 60.5 Å². The summed E-state index contributed by atoms with van der Waals surface area (Å²) in [5.74, 6) is 1.07. The molecule has 1 amide bonds. The molecule has 6 heteroatoms. The second kappa shape index (κ2) is 7.00. The number of nitrogens with zero attached hydrogens (tertiary/aromatic N) is 1. The van der Waals surface area contributed by atoms with E-state index in [0.29, 0.717) is 22.2 Å². The summed E-state index contributed by atoms with van der Waals surface area (Å²) >= 11 is 1.41. The smallest absolute Gasteiger partial charge is 0.257 e. The molecule has 1 aliphatic carbocycles. The van der Waals surface area contributed by atoms with E-state index in [9.17, 15) is 4.79 Å². The Morgan fingerprint density at radius 1 is 1.30 bits per heavy atom. The maximum absolute atomic E-state index is 12.3. The molecule has 0 radical (unpaired) electrons. The molecule has 0 unspecified atom stereocenters. The maximum Gasteiger partial charge on any atom is 0.257 e. The third-order valence-electron chi connectivity index (χ3n) is 3.86. The molecule has 1 N–H and O–H groups in total. The van der Waals surface area contributed by atoms with Crippen molar-refractivity contribution < 1.29 is 14.3 Å². The van der Waals surface area contributed by atoms with Crippen LogP contribution in [0.1, 0.15) is 41.7 Å². The van der Waals surface area contributed by atoms with Crippen molar-refractivity contribution in [3.05, 3.63) is 34.8 Å². The van der Waals surface area contributed by atoms with Crippen LogP contribution in [-0.4, -0.2) is 24.1 Å². The first kappa shape index (κ1) is 15.8. The van der Waals surface area contributed by atoms with Crippen LogP contribution in [0.2, 0.25) is 0 Å². The van der Waals surface area contributed by atoms with E-state index in [1.807, 2.05) is 12.3 Å². The molecule has 0 atom stereocenters. The lowest BCUT2D eigenvalue weighted by Crippen LogP contribution is -2.14. The number of anilines is 1. The zero-order valence-electron chi connectivity index (χ0n) is 13.3. The molecule has 0 aliphatic heterocycles. The minimum Gasteiger partial charge on any atom is -0.493 e. The van der Waals surface area contributed by atoms with Crippen LogP contribution in [0, 0.1) is 6.92 Å². The molecule has 23 heavy (non-hydrogen) atoms. The predicted octanol–water partition coefficient (Wildman–Crippen LogP) is 4.03. The number of aromatic nitrogens is 1. The minimum absolute atomic E-state index is 0.204. The SMILES string of the molecule is COc1cc(C(=O)Nc2nc(C)cs2)ccc1OC1CCCC1. The normalized spacial score (nSPS) is 14.7. The molecular weight excluding hydrogens is 312 g/mol. The number of rotatable bonds is 5. The van der Waals surface area contributed by atoms with Crippen LogP contribution in [0.5, 0.6) is 11.5 Å². The summed E-state index contributed by atoms with van der Waals surface area (Å²) in [7, 11) is 1.59. The van der Waals surface area contributed by atoms with Crippen LogP contribution in [-0.2, 0) is 0 Å². The van der Waals surface area contributed by atoms with Crippen molar-refractivity contribution in [1.82, 2.24) is 4.98 Å². The number of benzene rings is 1. The van der Waals surface area contributed by atoms with Gasteiger partial charge in [0.1, 0.15) is 0 Å². The highest BCUT2D eigenvalue weighted by molar-refractivity contribution is 7.13. The Balaban J connectivity index is 1.73. The summed E-state index contributed by atoms with van der Waals surface area (Å²) in [6, 6.07) is 5.27. The van der Waals surface area contributed by atoms with Gasteiger partial charge in [0.25, 0.3) is 5.91 Å². The molecule has 2 aromatic rings. The van der Waals surface area contributed by atoms with Gasteiger partial charge in [-0.2, -0.15) is 0 Å². The van der Waals surface area contributed by atoms with Crippen LogP contribution in [0.3, 0.4) is 0 Å². The van der Waals surface area contributed by atoms with Crippen LogP contribution in [0.4, 0.5) is 5.13 Å². The number of nitrogens with one attached hydrogen (secondary N) is 1. The molecule has 3 rings (SSSR count). The zero-order valence-corrected chi connectivity index (χ0v) is 14.1. The average Bonchev–Trinajstić information content (AvgIpc) is 3.19. The largest absolute Gasteiger partial charge is 0.493 e. The Hall–Kier alpha value is -2.08. The molecule has 5 nitrogen and oxygen atoms in total. The molecule has 1 aromatic heterocycles. The fourth-order valence-corrected chi connectivity index (χ4v) is 3.36. The van der Waals surface area contributed by atoms with E-state index in [1.165, 1.54) is 24.2 Å². The second-order valence-corrected chi connectivity index (χ2v) is 6.50. The van der Waals surface area contributed by atoms with Crippen molar-refractivity contribution in [3.63, 3.8) is 0 Å². The Bertz CT molecular complexity index is 693. The number of carbonyl (C=O) groups excluding carboxylic acids is 1. The van der Waals surface area contributed by atoms with Crippen molar-refractivity contribution in [2.24, 2.45) is 0 Å². The van der Waals surface area contributed by atoms with E-state index in [2.05, 4.69) is 10.3 Å². The first-order valence-electron chi connectivity index (χ1n) is 7.74. The van der Waals surface area contributed by atoms with Gasteiger partial charge in [0.15, 0.2) is 16.6 Å². The van der Waals surface area contributed by atoms with Crippen LogP contribution in [0.15, 0.2) is 23.6 Å². The molecule has 1 aliphatic rings. The van der Waals surface area contributed by atoms with Gasteiger partial charge in [-0.1, -0.05) is 0 Å². The number of carbonyl (C=O) groups is 1. The van der Waals surface area contributed by atoms with Gasteiger partial charge in [-0.15, -0.1) is 11.3 Å². The second-order valence-electron chi connectivity index (χ2n) is 5.64. The number of thiazole rings is 1. The van der Waals surface area contributed by atoms with Crippen LogP contribution >= 0.6 is 11.3 Å². The average molecular weight is 332 g/mol. The highest BCUT2D eigenvalue weighted by atomic mass is 32.1. The van der Waals surface area contributed by atoms with Crippen molar-refractivity contribution in [2.45, 2.75) is 38.7 Å². The minimum atomic E-state index is -0.204. The van der Waals surface area contributed by atoms with Gasteiger partial charge in [-0.25, -0.2) is 4.98 Å².